The molecule has 0 bridgehead atoms. The minimum Gasteiger partial charge on any atom is -0.476 e. The van der Waals surface area contributed by atoms with E-state index in [9.17, 15) is 22.4 Å². The minimum absolute atomic E-state index is 0.507. The number of nitrogens with zero attached hydrogens (tertiary/aromatic N) is 1. The fourth-order valence-corrected chi connectivity index (χ4v) is 1.36. The largest absolute Gasteiger partial charge is 0.476 e. The van der Waals surface area contributed by atoms with Crippen molar-refractivity contribution < 1.29 is 31.9 Å². The molecule has 0 aliphatic carbocycles. The van der Waals surface area contributed by atoms with E-state index in [1.54, 1.807) is 0 Å². The van der Waals surface area contributed by atoms with Gasteiger partial charge in [0.25, 0.3) is 0 Å². The van der Waals surface area contributed by atoms with Crippen LogP contribution < -0.4 is 0 Å². The highest BCUT2D eigenvalue weighted by Gasteiger charge is 2.31. The molecule has 2 rings (SSSR count). The molecule has 2 aromatic rings. The van der Waals surface area contributed by atoms with Crippen LogP contribution in [0.1, 0.15) is 16.1 Å². The van der Waals surface area contributed by atoms with Crippen molar-refractivity contribution in [1.82, 2.24) is 4.98 Å². The first-order valence-corrected chi connectivity index (χ1v) is 4.85. The monoisotopic (exact) mass is 275 g/mol. The molecule has 0 radical (unpaired) electrons. The Kier molecular flexibility index (Phi) is 3.01. The standard InChI is InChI=1S/C11H5F4NO3/c12-7-2-1-5(11(13,14)15)3-6(7)9-16-8(4-19-9)10(17)18/h1-4H,(H,17,18). The van der Waals surface area contributed by atoms with Crippen LogP contribution in [0.25, 0.3) is 11.5 Å². The number of benzene rings is 1. The summed E-state index contributed by atoms with van der Waals surface area (Å²) >= 11 is 0. The third-order valence-electron chi connectivity index (χ3n) is 2.25. The molecular formula is C11H5F4NO3. The lowest BCUT2D eigenvalue weighted by molar-refractivity contribution is -0.137. The number of halogens is 4. The first-order chi connectivity index (χ1) is 8.79. The average Bonchev–Trinajstić information content (AvgIpc) is 2.77. The van der Waals surface area contributed by atoms with Gasteiger partial charge in [-0.15, -0.1) is 0 Å². The third kappa shape index (κ3) is 2.56. The lowest BCUT2D eigenvalue weighted by Crippen LogP contribution is -2.05. The first-order valence-electron chi connectivity index (χ1n) is 4.85. The fraction of sp³-hybridized carbons (Fsp3) is 0.0909. The second-order valence-electron chi connectivity index (χ2n) is 3.54. The van der Waals surface area contributed by atoms with Crippen molar-refractivity contribution in [3.8, 4) is 11.5 Å². The molecule has 0 fully saturated rings. The molecule has 1 heterocycles. The van der Waals surface area contributed by atoms with Gasteiger partial charge in [-0.2, -0.15) is 13.2 Å². The second-order valence-corrected chi connectivity index (χ2v) is 3.54. The van der Waals surface area contributed by atoms with Crippen molar-refractivity contribution in [1.29, 1.82) is 0 Å². The molecule has 0 saturated heterocycles. The Labute approximate surface area is 103 Å². The highest BCUT2D eigenvalue weighted by Crippen LogP contribution is 2.33. The summed E-state index contributed by atoms with van der Waals surface area (Å²) in [6, 6.07) is 1.69. The van der Waals surface area contributed by atoms with Gasteiger partial charge in [-0.3, -0.25) is 0 Å². The van der Waals surface area contributed by atoms with Gasteiger partial charge in [-0.1, -0.05) is 0 Å². The Morgan fingerprint density at radius 3 is 2.53 bits per heavy atom. The van der Waals surface area contributed by atoms with E-state index in [-0.39, 0.29) is 0 Å². The zero-order valence-electron chi connectivity index (χ0n) is 9.03. The number of carbonyl (C=O) groups is 1. The van der Waals surface area contributed by atoms with Crippen molar-refractivity contribution in [2.24, 2.45) is 0 Å². The molecule has 0 spiro atoms. The Morgan fingerprint density at radius 1 is 1.32 bits per heavy atom. The molecule has 100 valence electrons. The topological polar surface area (TPSA) is 63.3 Å². The van der Waals surface area contributed by atoms with E-state index in [1.165, 1.54) is 0 Å². The van der Waals surface area contributed by atoms with Crippen LogP contribution in [-0.4, -0.2) is 16.1 Å². The predicted octanol–water partition coefficient (Wildman–Crippen LogP) is 3.20. The number of aromatic carboxylic acids is 1. The maximum Gasteiger partial charge on any atom is 0.416 e. The zero-order chi connectivity index (χ0) is 14.2. The summed E-state index contributed by atoms with van der Waals surface area (Å²) in [7, 11) is 0. The summed E-state index contributed by atoms with van der Waals surface area (Å²) in [6.07, 6.45) is -3.93. The molecule has 0 atom stereocenters. The summed E-state index contributed by atoms with van der Waals surface area (Å²) < 4.78 is 55.5. The van der Waals surface area contributed by atoms with Crippen LogP contribution in [0.5, 0.6) is 0 Å². The maximum atomic E-state index is 13.4. The van der Waals surface area contributed by atoms with E-state index in [0.29, 0.717) is 18.2 Å². The molecule has 0 amide bonds. The normalized spacial score (nSPS) is 11.6. The average molecular weight is 275 g/mol. The predicted molar refractivity (Wildman–Crippen MR) is 53.9 cm³/mol. The third-order valence-corrected chi connectivity index (χ3v) is 2.25. The maximum absolute atomic E-state index is 13.4. The molecule has 1 aromatic carbocycles. The van der Waals surface area contributed by atoms with Gasteiger partial charge in [0, 0.05) is 0 Å². The number of oxazole rings is 1. The van der Waals surface area contributed by atoms with Crippen LogP contribution in [0, 0.1) is 5.82 Å². The highest BCUT2D eigenvalue weighted by atomic mass is 19.4. The van der Waals surface area contributed by atoms with E-state index >= 15 is 0 Å². The summed E-state index contributed by atoms with van der Waals surface area (Å²) in [6.45, 7) is 0. The molecular weight excluding hydrogens is 270 g/mol. The van der Waals surface area contributed by atoms with Gasteiger partial charge in [0.2, 0.25) is 5.89 Å². The zero-order valence-corrected chi connectivity index (χ0v) is 9.03. The molecule has 19 heavy (non-hydrogen) atoms. The molecule has 0 saturated carbocycles. The fourth-order valence-electron chi connectivity index (χ4n) is 1.36. The van der Waals surface area contributed by atoms with Crippen molar-refractivity contribution in [3.63, 3.8) is 0 Å². The Morgan fingerprint density at radius 2 is 2.00 bits per heavy atom. The van der Waals surface area contributed by atoms with Gasteiger partial charge in [0.1, 0.15) is 12.1 Å². The highest BCUT2D eigenvalue weighted by molar-refractivity contribution is 5.85. The van der Waals surface area contributed by atoms with Gasteiger partial charge < -0.3 is 9.52 Å². The number of carboxylic acid groups (broad SMARTS) is 1. The summed E-state index contributed by atoms with van der Waals surface area (Å²) in [5.74, 6) is -2.95. The Hall–Kier alpha value is -2.38. The van der Waals surface area contributed by atoms with Crippen LogP contribution in [0.15, 0.2) is 28.9 Å². The summed E-state index contributed by atoms with van der Waals surface area (Å²) in [4.78, 5) is 14.0. The first kappa shape index (κ1) is 13.1. The van der Waals surface area contributed by atoms with Gasteiger partial charge >= 0.3 is 12.1 Å². The quantitative estimate of drug-likeness (QED) is 0.855. The minimum atomic E-state index is -4.65. The lowest BCUT2D eigenvalue weighted by atomic mass is 10.1. The lowest BCUT2D eigenvalue weighted by Gasteiger charge is -2.07. The smallest absolute Gasteiger partial charge is 0.416 e. The number of rotatable bonds is 2. The SMILES string of the molecule is O=C(O)c1coc(-c2cc(C(F)(F)F)ccc2F)n1. The molecule has 1 N–H and O–H groups in total. The van der Waals surface area contributed by atoms with Crippen LogP contribution in [0.3, 0.4) is 0 Å². The van der Waals surface area contributed by atoms with E-state index < -0.39 is 40.7 Å². The van der Waals surface area contributed by atoms with Crippen molar-refractivity contribution in [2.75, 3.05) is 0 Å². The Balaban J connectivity index is 2.51. The molecule has 8 heteroatoms. The van der Waals surface area contributed by atoms with E-state index in [2.05, 4.69) is 9.40 Å². The number of aromatic nitrogens is 1. The van der Waals surface area contributed by atoms with Crippen molar-refractivity contribution in [2.45, 2.75) is 6.18 Å². The molecule has 0 aliphatic heterocycles. The number of carboxylic acids is 1. The summed E-state index contributed by atoms with van der Waals surface area (Å²) in [5.41, 5.74) is -2.16. The molecule has 0 aliphatic rings. The summed E-state index contributed by atoms with van der Waals surface area (Å²) in [5, 5.41) is 8.60. The van der Waals surface area contributed by atoms with Crippen molar-refractivity contribution in [3.05, 3.63) is 41.5 Å². The molecule has 4 nitrogen and oxygen atoms in total. The van der Waals surface area contributed by atoms with Crippen molar-refractivity contribution >= 4 is 5.97 Å². The van der Waals surface area contributed by atoms with E-state index in [0.717, 1.165) is 6.26 Å². The Bertz CT molecular complexity index is 633. The van der Waals surface area contributed by atoms with Gasteiger partial charge in [-0.25, -0.2) is 14.2 Å². The molecule has 0 unspecified atom stereocenters. The van der Waals surface area contributed by atoms with Crippen LogP contribution >= 0.6 is 0 Å². The molecule has 1 aromatic heterocycles. The number of hydrogen-bond donors (Lipinski definition) is 1. The van der Waals surface area contributed by atoms with Crippen LogP contribution in [0.2, 0.25) is 0 Å². The van der Waals surface area contributed by atoms with Crippen LogP contribution in [-0.2, 0) is 6.18 Å². The number of alkyl halides is 3. The number of hydrogen-bond acceptors (Lipinski definition) is 3. The van der Waals surface area contributed by atoms with E-state index in [1.807, 2.05) is 0 Å². The van der Waals surface area contributed by atoms with E-state index in [4.69, 9.17) is 5.11 Å². The van der Waals surface area contributed by atoms with Gasteiger partial charge in [-0.05, 0) is 18.2 Å². The van der Waals surface area contributed by atoms with Crippen LogP contribution in [0.4, 0.5) is 17.6 Å². The van der Waals surface area contributed by atoms with Gasteiger partial charge in [0.15, 0.2) is 5.69 Å². The second kappa shape index (κ2) is 4.38. The van der Waals surface area contributed by atoms with Gasteiger partial charge in [0.05, 0.1) is 11.1 Å².